The summed E-state index contributed by atoms with van der Waals surface area (Å²) in [6.07, 6.45) is 0. The number of rotatable bonds is 6. The maximum atomic E-state index is 12.0. The summed E-state index contributed by atoms with van der Waals surface area (Å²) in [4.78, 5) is 22.5. The summed E-state index contributed by atoms with van der Waals surface area (Å²) in [5.41, 5.74) is 1.48. The Balaban J connectivity index is 1.96. The molecule has 0 spiro atoms. The number of nitrogens with zero attached hydrogens (tertiary/aromatic N) is 1. The molecule has 1 atom stereocenters. The van der Waals surface area contributed by atoms with Crippen LogP contribution in [0.2, 0.25) is 5.02 Å². The van der Waals surface area contributed by atoms with Gasteiger partial charge in [0.2, 0.25) is 0 Å². The van der Waals surface area contributed by atoms with E-state index < -0.39 is 4.92 Å². The number of ether oxygens (including phenoxy) is 1. The highest BCUT2D eigenvalue weighted by Crippen LogP contribution is 2.27. The summed E-state index contributed by atoms with van der Waals surface area (Å²) in [5.74, 6) is -0.299. The minimum atomic E-state index is -0.531. The third-order valence-electron chi connectivity index (χ3n) is 3.42. The summed E-state index contributed by atoms with van der Waals surface area (Å²) >= 11 is 5.83. The normalized spacial score (nSPS) is 11.6. The number of nitro benzene ring substituents is 1. The molecule has 0 saturated heterocycles. The van der Waals surface area contributed by atoms with Crippen molar-refractivity contribution in [1.29, 1.82) is 0 Å². The monoisotopic (exact) mass is 348 g/mol. The molecular weight excluding hydrogens is 332 g/mol. The van der Waals surface area contributed by atoms with Gasteiger partial charge in [0, 0.05) is 11.1 Å². The lowest BCUT2D eigenvalue weighted by Crippen LogP contribution is -2.31. The average Bonchev–Trinajstić information content (AvgIpc) is 2.54. The molecule has 126 valence electrons. The van der Waals surface area contributed by atoms with Crippen LogP contribution in [0.4, 0.5) is 5.69 Å². The Morgan fingerprint density at radius 1 is 1.29 bits per heavy atom. The van der Waals surface area contributed by atoms with Gasteiger partial charge in [-0.2, -0.15) is 0 Å². The summed E-state index contributed by atoms with van der Waals surface area (Å²) in [6.45, 7) is 3.27. The van der Waals surface area contributed by atoms with Crippen LogP contribution in [0.3, 0.4) is 0 Å². The molecule has 0 aliphatic carbocycles. The van der Waals surface area contributed by atoms with Gasteiger partial charge in [-0.05, 0) is 43.2 Å². The Hall–Kier alpha value is -2.60. The molecule has 0 fully saturated rings. The van der Waals surface area contributed by atoms with Crippen molar-refractivity contribution in [3.05, 3.63) is 68.7 Å². The number of halogens is 1. The van der Waals surface area contributed by atoms with Gasteiger partial charge >= 0.3 is 5.69 Å². The minimum absolute atomic E-state index is 0.0693. The lowest BCUT2D eigenvalue weighted by atomic mass is 10.1. The fourth-order valence-electron chi connectivity index (χ4n) is 2.15. The van der Waals surface area contributed by atoms with E-state index in [1.807, 2.05) is 19.1 Å². The SMILES string of the molecule is Cc1ccc(OCC(=O)N[C@H](C)c2ccc(Cl)cc2)c([N+](=O)[O-])c1. The molecule has 2 aromatic rings. The van der Waals surface area contributed by atoms with Crippen LogP contribution in [0.15, 0.2) is 42.5 Å². The van der Waals surface area contributed by atoms with Crippen LogP contribution in [-0.4, -0.2) is 17.4 Å². The van der Waals surface area contributed by atoms with Crippen molar-refractivity contribution >= 4 is 23.2 Å². The van der Waals surface area contributed by atoms with E-state index in [4.69, 9.17) is 16.3 Å². The van der Waals surface area contributed by atoms with Crippen LogP contribution in [0.25, 0.3) is 0 Å². The van der Waals surface area contributed by atoms with Crippen molar-refractivity contribution in [2.24, 2.45) is 0 Å². The molecule has 0 aromatic heterocycles. The van der Waals surface area contributed by atoms with Crippen molar-refractivity contribution in [2.75, 3.05) is 6.61 Å². The topological polar surface area (TPSA) is 81.5 Å². The maximum absolute atomic E-state index is 12.0. The number of nitro groups is 1. The number of amides is 1. The average molecular weight is 349 g/mol. The molecule has 2 aromatic carbocycles. The Bertz CT molecular complexity index is 747. The quantitative estimate of drug-likeness (QED) is 0.635. The molecule has 0 aliphatic heterocycles. The molecule has 0 saturated carbocycles. The van der Waals surface area contributed by atoms with Crippen LogP contribution >= 0.6 is 11.6 Å². The fourth-order valence-corrected chi connectivity index (χ4v) is 2.28. The number of carbonyl (C=O) groups excluding carboxylic acids is 1. The number of hydrogen-bond donors (Lipinski definition) is 1. The largest absolute Gasteiger partial charge is 0.477 e. The molecule has 0 radical (unpaired) electrons. The first-order chi connectivity index (χ1) is 11.4. The lowest BCUT2D eigenvalue weighted by Gasteiger charge is -2.15. The smallest absolute Gasteiger partial charge is 0.311 e. The number of nitrogens with one attached hydrogen (secondary N) is 1. The Labute approximate surface area is 144 Å². The maximum Gasteiger partial charge on any atom is 0.311 e. The van der Waals surface area contributed by atoms with E-state index in [9.17, 15) is 14.9 Å². The predicted molar refractivity (Wildman–Crippen MR) is 91.3 cm³/mol. The van der Waals surface area contributed by atoms with Crippen LogP contribution in [0, 0.1) is 17.0 Å². The van der Waals surface area contributed by atoms with E-state index in [2.05, 4.69) is 5.32 Å². The summed E-state index contributed by atoms with van der Waals surface area (Å²) in [6, 6.07) is 11.5. The van der Waals surface area contributed by atoms with Crippen molar-refractivity contribution in [3.8, 4) is 5.75 Å². The second-order valence-electron chi connectivity index (χ2n) is 5.36. The van der Waals surface area contributed by atoms with E-state index in [1.54, 1.807) is 25.1 Å². The zero-order chi connectivity index (χ0) is 17.7. The Kier molecular flexibility index (Phi) is 5.76. The Morgan fingerprint density at radius 3 is 2.58 bits per heavy atom. The van der Waals surface area contributed by atoms with Crippen LogP contribution < -0.4 is 10.1 Å². The van der Waals surface area contributed by atoms with Gasteiger partial charge in [0.1, 0.15) is 0 Å². The summed E-state index contributed by atoms with van der Waals surface area (Å²) < 4.78 is 5.30. The summed E-state index contributed by atoms with van der Waals surface area (Å²) in [5, 5.41) is 14.4. The van der Waals surface area contributed by atoms with Crippen LogP contribution in [0.5, 0.6) is 5.75 Å². The Morgan fingerprint density at radius 2 is 1.96 bits per heavy atom. The number of benzene rings is 2. The number of hydrogen-bond acceptors (Lipinski definition) is 4. The second kappa shape index (κ2) is 7.79. The zero-order valence-corrected chi connectivity index (χ0v) is 14.0. The molecule has 7 heteroatoms. The van der Waals surface area contributed by atoms with Gasteiger partial charge in [-0.3, -0.25) is 14.9 Å². The van der Waals surface area contributed by atoms with Gasteiger partial charge in [-0.1, -0.05) is 29.8 Å². The zero-order valence-electron chi connectivity index (χ0n) is 13.3. The summed E-state index contributed by atoms with van der Waals surface area (Å²) in [7, 11) is 0. The number of aryl methyl sites for hydroxylation is 1. The van der Waals surface area contributed by atoms with E-state index in [-0.39, 0.29) is 30.0 Å². The molecule has 2 rings (SSSR count). The lowest BCUT2D eigenvalue weighted by molar-refractivity contribution is -0.385. The first-order valence-corrected chi connectivity index (χ1v) is 7.67. The van der Waals surface area contributed by atoms with Crippen molar-refractivity contribution in [3.63, 3.8) is 0 Å². The highest BCUT2D eigenvalue weighted by Gasteiger charge is 2.17. The molecule has 0 aliphatic rings. The van der Waals surface area contributed by atoms with Gasteiger partial charge in [-0.25, -0.2) is 0 Å². The third-order valence-corrected chi connectivity index (χ3v) is 3.67. The highest BCUT2D eigenvalue weighted by molar-refractivity contribution is 6.30. The molecular formula is C17H17ClN2O4. The molecule has 1 amide bonds. The first-order valence-electron chi connectivity index (χ1n) is 7.29. The van der Waals surface area contributed by atoms with E-state index in [1.165, 1.54) is 12.1 Å². The molecule has 1 N–H and O–H groups in total. The van der Waals surface area contributed by atoms with E-state index in [0.29, 0.717) is 5.02 Å². The minimum Gasteiger partial charge on any atom is -0.477 e. The third kappa shape index (κ3) is 4.70. The van der Waals surface area contributed by atoms with Crippen LogP contribution in [-0.2, 0) is 4.79 Å². The molecule has 0 bridgehead atoms. The van der Waals surface area contributed by atoms with Crippen molar-refractivity contribution < 1.29 is 14.5 Å². The van der Waals surface area contributed by atoms with E-state index >= 15 is 0 Å². The van der Waals surface area contributed by atoms with Crippen molar-refractivity contribution in [2.45, 2.75) is 19.9 Å². The van der Waals surface area contributed by atoms with Gasteiger partial charge < -0.3 is 10.1 Å². The standard InChI is InChI=1S/C17H17ClN2O4/c1-11-3-8-16(15(9-11)20(22)23)24-10-17(21)19-12(2)13-4-6-14(18)7-5-13/h3-9,12H,10H2,1-2H3,(H,19,21)/t12-/m1/s1. The van der Waals surface area contributed by atoms with E-state index in [0.717, 1.165) is 11.1 Å². The van der Waals surface area contributed by atoms with Gasteiger partial charge in [0.05, 0.1) is 11.0 Å². The molecule has 0 heterocycles. The van der Waals surface area contributed by atoms with Gasteiger partial charge in [0.25, 0.3) is 5.91 Å². The van der Waals surface area contributed by atoms with Crippen LogP contribution in [0.1, 0.15) is 24.1 Å². The highest BCUT2D eigenvalue weighted by atomic mass is 35.5. The predicted octanol–water partition coefficient (Wildman–Crippen LogP) is 3.81. The number of carbonyl (C=O) groups is 1. The van der Waals surface area contributed by atoms with Crippen molar-refractivity contribution in [1.82, 2.24) is 5.32 Å². The van der Waals surface area contributed by atoms with Gasteiger partial charge in [0.15, 0.2) is 12.4 Å². The second-order valence-corrected chi connectivity index (χ2v) is 5.79. The molecule has 6 nitrogen and oxygen atoms in total. The molecule has 0 unspecified atom stereocenters. The first kappa shape index (κ1) is 17.7. The van der Waals surface area contributed by atoms with Gasteiger partial charge in [-0.15, -0.1) is 0 Å². The molecule has 24 heavy (non-hydrogen) atoms. The fraction of sp³-hybridized carbons (Fsp3) is 0.235.